The molecule has 0 radical (unpaired) electrons. The van der Waals surface area contributed by atoms with Gasteiger partial charge in [0, 0.05) is 23.9 Å². The predicted molar refractivity (Wildman–Crippen MR) is 74.7 cm³/mol. The van der Waals surface area contributed by atoms with Gasteiger partial charge >= 0.3 is 0 Å². The first-order valence-electron chi connectivity index (χ1n) is 7.04. The molecule has 3 heterocycles. The van der Waals surface area contributed by atoms with Crippen LogP contribution < -0.4 is 10.1 Å². The monoisotopic (exact) mass is 287 g/mol. The van der Waals surface area contributed by atoms with E-state index in [2.05, 4.69) is 10.4 Å². The number of aryl methyl sites for hydroxylation is 2. The van der Waals surface area contributed by atoms with E-state index in [9.17, 15) is 9.18 Å². The maximum Gasteiger partial charge on any atom is 0.262 e. The Morgan fingerprint density at radius 3 is 3.05 bits per heavy atom. The minimum atomic E-state index is -0.389. The van der Waals surface area contributed by atoms with Crippen molar-refractivity contribution in [3.05, 3.63) is 29.7 Å². The second-order valence-corrected chi connectivity index (χ2v) is 5.37. The van der Waals surface area contributed by atoms with Crippen LogP contribution in [-0.2, 0) is 17.8 Å². The number of ether oxygens (including phenoxy) is 1. The van der Waals surface area contributed by atoms with Crippen LogP contribution in [0.4, 0.5) is 10.1 Å². The number of halogens is 1. The number of carbonyl (C=O) groups excluding carboxylic acids is 1. The summed E-state index contributed by atoms with van der Waals surface area (Å²) in [5.41, 5.74) is 2.62. The molecular formula is C15H14FN3O2. The maximum atomic E-state index is 14.3. The summed E-state index contributed by atoms with van der Waals surface area (Å²) >= 11 is 0. The third-order valence-corrected chi connectivity index (χ3v) is 3.89. The minimum absolute atomic E-state index is 0.0788. The molecule has 2 aromatic rings. The lowest BCUT2D eigenvalue weighted by atomic mass is 10.1. The molecule has 1 amide bonds. The number of hydrogen-bond donors (Lipinski definition) is 1. The molecule has 1 aromatic heterocycles. The van der Waals surface area contributed by atoms with E-state index in [-0.39, 0.29) is 18.3 Å². The first-order valence-corrected chi connectivity index (χ1v) is 7.04. The highest BCUT2D eigenvalue weighted by molar-refractivity contribution is 5.96. The van der Waals surface area contributed by atoms with Crippen molar-refractivity contribution >= 4 is 11.6 Å². The number of fused-ring (bicyclic) bond motifs is 2. The van der Waals surface area contributed by atoms with E-state index < -0.39 is 0 Å². The van der Waals surface area contributed by atoms with Crippen LogP contribution in [0.15, 0.2) is 18.2 Å². The first-order chi connectivity index (χ1) is 10.2. The molecule has 1 N–H and O–H groups in total. The van der Waals surface area contributed by atoms with E-state index in [1.807, 2.05) is 10.7 Å². The molecule has 0 aliphatic carbocycles. The smallest absolute Gasteiger partial charge is 0.262 e. The summed E-state index contributed by atoms with van der Waals surface area (Å²) in [6.07, 6.45) is 3.21. The Morgan fingerprint density at radius 1 is 1.29 bits per heavy atom. The van der Waals surface area contributed by atoms with E-state index in [1.54, 1.807) is 6.07 Å². The van der Waals surface area contributed by atoms with E-state index in [0.29, 0.717) is 22.7 Å². The minimum Gasteiger partial charge on any atom is -0.481 e. The predicted octanol–water partition coefficient (Wildman–Crippen LogP) is 2.36. The third-order valence-electron chi connectivity index (χ3n) is 3.89. The molecule has 0 saturated heterocycles. The van der Waals surface area contributed by atoms with Gasteiger partial charge in [0.15, 0.2) is 6.61 Å². The van der Waals surface area contributed by atoms with Gasteiger partial charge in [-0.15, -0.1) is 0 Å². The zero-order valence-corrected chi connectivity index (χ0v) is 11.4. The fourth-order valence-electron chi connectivity index (χ4n) is 2.85. The summed E-state index contributed by atoms with van der Waals surface area (Å²) in [5, 5.41) is 7.17. The largest absolute Gasteiger partial charge is 0.481 e. The fourth-order valence-corrected chi connectivity index (χ4v) is 2.85. The third kappa shape index (κ3) is 2.07. The summed E-state index contributed by atoms with van der Waals surface area (Å²) in [4.78, 5) is 11.4. The second-order valence-electron chi connectivity index (χ2n) is 5.37. The van der Waals surface area contributed by atoms with Gasteiger partial charge in [-0.25, -0.2) is 4.39 Å². The molecule has 6 heteroatoms. The van der Waals surface area contributed by atoms with Gasteiger partial charge in [0.25, 0.3) is 5.91 Å². The van der Waals surface area contributed by atoms with Crippen LogP contribution in [0.2, 0.25) is 0 Å². The molecule has 1 aromatic carbocycles. The van der Waals surface area contributed by atoms with E-state index in [0.717, 1.165) is 31.5 Å². The van der Waals surface area contributed by atoms with Crippen molar-refractivity contribution in [1.29, 1.82) is 0 Å². The highest BCUT2D eigenvalue weighted by Gasteiger charge is 2.21. The standard InChI is InChI=1S/C15H14FN3O2/c16-11-7-14-13(17-15(20)8-21-14)6-10(11)12-5-9-3-1-2-4-19(9)18-12/h5-7H,1-4,8H2,(H,17,20). The molecule has 4 rings (SSSR count). The zero-order valence-electron chi connectivity index (χ0n) is 11.4. The summed E-state index contributed by atoms with van der Waals surface area (Å²) in [6.45, 7) is 0.798. The Bertz CT molecular complexity index is 715. The second kappa shape index (κ2) is 4.58. The van der Waals surface area contributed by atoms with Crippen LogP contribution >= 0.6 is 0 Å². The average molecular weight is 287 g/mol. The number of rotatable bonds is 1. The molecule has 0 spiro atoms. The molecule has 108 valence electrons. The average Bonchev–Trinajstić information content (AvgIpc) is 2.90. The van der Waals surface area contributed by atoms with Crippen molar-refractivity contribution in [2.24, 2.45) is 0 Å². The molecule has 21 heavy (non-hydrogen) atoms. The van der Waals surface area contributed by atoms with Crippen LogP contribution in [0.5, 0.6) is 5.75 Å². The number of nitrogens with zero attached hydrogens (tertiary/aromatic N) is 2. The molecule has 5 nitrogen and oxygen atoms in total. The Kier molecular flexibility index (Phi) is 2.70. The van der Waals surface area contributed by atoms with Gasteiger partial charge in [0.2, 0.25) is 0 Å². The van der Waals surface area contributed by atoms with Crippen LogP contribution in [-0.4, -0.2) is 22.3 Å². The number of hydrogen-bond acceptors (Lipinski definition) is 3. The van der Waals surface area contributed by atoms with Gasteiger partial charge in [0.1, 0.15) is 11.6 Å². The van der Waals surface area contributed by atoms with Gasteiger partial charge in [-0.2, -0.15) is 5.10 Å². The highest BCUT2D eigenvalue weighted by atomic mass is 19.1. The lowest BCUT2D eigenvalue weighted by molar-refractivity contribution is -0.118. The molecule has 0 bridgehead atoms. The molecule has 0 atom stereocenters. The van der Waals surface area contributed by atoms with E-state index >= 15 is 0 Å². The number of benzene rings is 1. The van der Waals surface area contributed by atoms with Crippen LogP contribution in [0.3, 0.4) is 0 Å². The highest BCUT2D eigenvalue weighted by Crippen LogP contribution is 2.35. The summed E-state index contributed by atoms with van der Waals surface area (Å²) in [7, 11) is 0. The lowest BCUT2D eigenvalue weighted by Gasteiger charge is -2.18. The molecule has 0 fully saturated rings. The lowest BCUT2D eigenvalue weighted by Crippen LogP contribution is -2.25. The maximum absolute atomic E-state index is 14.3. The number of nitrogens with one attached hydrogen (secondary N) is 1. The van der Waals surface area contributed by atoms with Crippen molar-refractivity contribution < 1.29 is 13.9 Å². The van der Waals surface area contributed by atoms with Gasteiger partial charge in [-0.1, -0.05) is 0 Å². The van der Waals surface area contributed by atoms with Crippen molar-refractivity contribution in [2.75, 3.05) is 11.9 Å². The van der Waals surface area contributed by atoms with Crippen molar-refractivity contribution in [3.8, 4) is 17.0 Å². The number of anilines is 1. The van der Waals surface area contributed by atoms with Gasteiger partial charge in [-0.05, 0) is 31.4 Å². The summed E-state index contributed by atoms with van der Waals surface area (Å²) in [5.74, 6) is -0.260. The molecule has 0 saturated carbocycles. The quantitative estimate of drug-likeness (QED) is 0.876. The Hall–Kier alpha value is -2.37. The summed E-state index contributed by atoms with van der Waals surface area (Å²) < 4.78 is 21.4. The van der Waals surface area contributed by atoms with E-state index in [1.165, 1.54) is 6.07 Å². The molecule has 2 aliphatic rings. The van der Waals surface area contributed by atoms with Gasteiger partial charge in [0.05, 0.1) is 11.4 Å². The van der Waals surface area contributed by atoms with Crippen molar-refractivity contribution in [2.45, 2.75) is 25.8 Å². The number of aromatic nitrogens is 2. The van der Waals surface area contributed by atoms with Gasteiger partial charge < -0.3 is 10.1 Å². The van der Waals surface area contributed by atoms with Crippen molar-refractivity contribution in [1.82, 2.24) is 9.78 Å². The Balaban J connectivity index is 1.79. The molecule has 2 aliphatic heterocycles. The van der Waals surface area contributed by atoms with Crippen LogP contribution in [0.1, 0.15) is 18.5 Å². The Morgan fingerprint density at radius 2 is 2.19 bits per heavy atom. The van der Waals surface area contributed by atoms with Gasteiger partial charge in [-0.3, -0.25) is 9.48 Å². The normalized spacial score (nSPS) is 16.7. The summed E-state index contributed by atoms with van der Waals surface area (Å²) in [6, 6.07) is 4.83. The van der Waals surface area contributed by atoms with Crippen LogP contribution in [0.25, 0.3) is 11.3 Å². The number of amides is 1. The fraction of sp³-hybridized carbons (Fsp3) is 0.333. The topological polar surface area (TPSA) is 56.2 Å². The number of carbonyl (C=O) groups is 1. The SMILES string of the molecule is O=C1COc2cc(F)c(-c3cc4n(n3)CCCC4)cc2N1. The molecular weight excluding hydrogens is 273 g/mol. The van der Waals surface area contributed by atoms with Crippen LogP contribution in [0, 0.1) is 5.82 Å². The molecule has 0 unspecified atom stereocenters. The first kappa shape index (κ1) is 12.4. The Labute approximate surface area is 120 Å². The van der Waals surface area contributed by atoms with E-state index in [4.69, 9.17) is 4.74 Å². The van der Waals surface area contributed by atoms with Crippen molar-refractivity contribution in [3.63, 3.8) is 0 Å². The zero-order chi connectivity index (χ0) is 14.4.